The van der Waals surface area contributed by atoms with Crippen LogP contribution in [0.3, 0.4) is 0 Å². The predicted molar refractivity (Wildman–Crippen MR) is 100 cm³/mol. The lowest BCUT2D eigenvalue weighted by molar-refractivity contribution is -0.385. The first-order valence-electron chi connectivity index (χ1n) is 9.07. The number of alkyl halides is 2. The summed E-state index contributed by atoms with van der Waals surface area (Å²) in [6.07, 6.45) is 0.759. The van der Waals surface area contributed by atoms with Crippen molar-refractivity contribution in [1.29, 1.82) is 0 Å². The van der Waals surface area contributed by atoms with Gasteiger partial charge in [0.15, 0.2) is 5.82 Å². The van der Waals surface area contributed by atoms with E-state index < -0.39 is 16.7 Å². The monoisotopic (exact) mass is 419 g/mol. The van der Waals surface area contributed by atoms with E-state index in [2.05, 4.69) is 20.2 Å². The number of nitrogens with zero attached hydrogens (tertiary/aromatic N) is 7. The topological polar surface area (TPSA) is 103 Å². The predicted octanol–water partition coefficient (Wildman–Crippen LogP) is 3.32. The quantitative estimate of drug-likeness (QED) is 0.472. The van der Waals surface area contributed by atoms with Gasteiger partial charge in [0.25, 0.3) is 11.6 Å². The summed E-state index contributed by atoms with van der Waals surface area (Å²) >= 11 is 0. The zero-order valence-corrected chi connectivity index (χ0v) is 15.8. The van der Waals surface area contributed by atoms with Crippen molar-refractivity contribution in [3.63, 3.8) is 0 Å². The van der Waals surface area contributed by atoms with E-state index in [1.165, 1.54) is 23.1 Å². The number of nitro groups is 1. The molecule has 1 aliphatic heterocycles. The normalized spacial score (nSPS) is 15.9. The van der Waals surface area contributed by atoms with Gasteiger partial charge in [0.05, 0.1) is 17.2 Å². The molecule has 156 valence electrons. The molecule has 3 aromatic rings. The molecule has 0 aliphatic carbocycles. The van der Waals surface area contributed by atoms with Crippen LogP contribution < -0.4 is 4.90 Å². The van der Waals surface area contributed by atoms with Crippen molar-refractivity contribution in [3.05, 3.63) is 52.1 Å². The van der Waals surface area contributed by atoms with Crippen LogP contribution in [0.2, 0.25) is 0 Å². The number of halogens is 3. The van der Waals surface area contributed by atoms with Crippen LogP contribution in [0.15, 0.2) is 30.5 Å². The summed E-state index contributed by atoms with van der Waals surface area (Å²) in [6, 6.07) is 4.86. The minimum absolute atomic E-state index is 0.0520. The van der Waals surface area contributed by atoms with Crippen molar-refractivity contribution in [2.75, 3.05) is 18.0 Å². The number of benzene rings is 1. The highest BCUT2D eigenvalue weighted by Gasteiger charge is 2.35. The van der Waals surface area contributed by atoms with Gasteiger partial charge in [-0.15, -0.1) is 9.90 Å². The summed E-state index contributed by atoms with van der Waals surface area (Å²) < 4.78 is 41.1. The van der Waals surface area contributed by atoms with Gasteiger partial charge in [-0.25, -0.2) is 18.2 Å². The molecule has 2 aromatic heterocycles. The molecule has 0 unspecified atom stereocenters. The largest absolute Gasteiger partial charge is 0.340 e. The van der Waals surface area contributed by atoms with Crippen LogP contribution in [-0.2, 0) is 0 Å². The molecule has 0 saturated carbocycles. The number of hydrogen-bond donors (Lipinski definition) is 0. The van der Waals surface area contributed by atoms with Crippen molar-refractivity contribution in [2.24, 2.45) is 0 Å². The van der Waals surface area contributed by atoms with Crippen LogP contribution in [0.25, 0.3) is 17.1 Å². The summed E-state index contributed by atoms with van der Waals surface area (Å²) in [5, 5.41) is 19.1. The second kappa shape index (κ2) is 7.35. The van der Waals surface area contributed by atoms with Crippen molar-refractivity contribution >= 4 is 11.6 Å². The molecular weight excluding hydrogens is 403 g/mol. The van der Waals surface area contributed by atoms with Gasteiger partial charge in [0, 0.05) is 49.3 Å². The fraction of sp³-hybridized carbons (Fsp3) is 0.333. The van der Waals surface area contributed by atoms with Crippen LogP contribution in [0.1, 0.15) is 18.5 Å². The number of non-ortho nitro benzene ring substituents is 1. The Bertz CT molecular complexity index is 1110. The number of hydrogen-bond acceptors (Lipinski definition) is 7. The highest BCUT2D eigenvalue weighted by molar-refractivity contribution is 5.61. The minimum Gasteiger partial charge on any atom is -0.340 e. The lowest BCUT2D eigenvalue weighted by Crippen LogP contribution is -2.40. The molecule has 12 heteroatoms. The summed E-state index contributed by atoms with van der Waals surface area (Å²) in [6.45, 7) is 1.98. The average Bonchev–Trinajstić information content (AvgIpc) is 3.17. The number of anilines is 1. The van der Waals surface area contributed by atoms with Crippen molar-refractivity contribution in [2.45, 2.75) is 25.7 Å². The first-order chi connectivity index (χ1) is 14.2. The van der Waals surface area contributed by atoms with Crippen LogP contribution in [-0.4, -0.2) is 48.9 Å². The molecule has 1 aromatic carbocycles. The average molecular weight is 419 g/mol. The summed E-state index contributed by atoms with van der Waals surface area (Å²) in [5.41, 5.74) is 0.438. The smallest absolute Gasteiger partial charge is 0.272 e. The van der Waals surface area contributed by atoms with Crippen molar-refractivity contribution in [1.82, 2.24) is 25.0 Å². The van der Waals surface area contributed by atoms with E-state index in [0.717, 1.165) is 6.07 Å². The van der Waals surface area contributed by atoms with Crippen LogP contribution >= 0.6 is 0 Å². The van der Waals surface area contributed by atoms with Crippen LogP contribution in [0, 0.1) is 22.9 Å². The maximum Gasteiger partial charge on any atom is 0.272 e. The van der Waals surface area contributed by atoms with Gasteiger partial charge in [-0.3, -0.25) is 10.1 Å². The van der Waals surface area contributed by atoms with Crippen molar-refractivity contribution in [3.8, 4) is 17.1 Å². The minimum atomic E-state index is -2.68. The van der Waals surface area contributed by atoms with Gasteiger partial charge >= 0.3 is 0 Å². The zero-order valence-electron chi connectivity index (χ0n) is 15.8. The molecule has 0 bridgehead atoms. The second-order valence-electron chi connectivity index (χ2n) is 6.95. The Hall–Kier alpha value is -3.57. The zero-order chi connectivity index (χ0) is 21.5. The van der Waals surface area contributed by atoms with E-state index in [-0.39, 0.29) is 42.9 Å². The maximum absolute atomic E-state index is 14.3. The van der Waals surface area contributed by atoms with Gasteiger partial charge in [-0.05, 0) is 13.0 Å². The number of aryl methyl sites for hydroxylation is 1. The molecule has 1 saturated heterocycles. The standard InChI is InChI=1S/C18H16F3N7O2/c1-11-8-16(24-17(23-11)26-6-4-18(20,21)5-7-26)27-22-10-15(25-27)13-3-2-12(28(29)30)9-14(13)19/h2-3,8-10H,4-7H2,1H3. The second-order valence-corrected chi connectivity index (χ2v) is 6.95. The van der Waals surface area contributed by atoms with Gasteiger partial charge in [-0.2, -0.15) is 10.1 Å². The third kappa shape index (κ3) is 3.93. The first kappa shape index (κ1) is 19.7. The highest BCUT2D eigenvalue weighted by Crippen LogP contribution is 2.30. The third-order valence-electron chi connectivity index (χ3n) is 4.74. The van der Waals surface area contributed by atoms with Crippen molar-refractivity contribution < 1.29 is 18.1 Å². The highest BCUT2D eigenvalue weighted by atomic mass is 19.3. The fourth-order valence-corrected chi connectivity index (χ4v) is 3.14. The summed E-state index contributed by atoms with van der Waals surface area (Å²) in [5.74, 6) is -2.90. The Morgan fingerprint density at radius 2 is 1.90 bits per heavy atom. The molecule has 1 fully saturated rings. The molecule has 4 rings (SSSR count). The third-order valence-corrected chi connectivity index (χ3v) is 4.74. The Balaban J connectivity index is 1.62. The number of aromatic nitrogens is 5. The lowest BCUT2D eigenvalue weighted by atomic mass is 10.1. The number of rotatable bonds is 4. The van der Waals surface area contributed by atoms with E-state index in [1.54, 1.807) is 17.9 Å². The molecule has 30 heavy (non-hydrogen) atoms. The van der Waals surface area contributed by atoms with E-state index in [0.29, 0.717) is 17.5 Å². The summed E-state index contributed by atoms with van der Waals surface area (Å²) in [7, 11) is 0. The SMILES string of the molecule is Cc1cc(-n2ncc(-c3ccc([N+](=O)[O-])cc3F)n2)nc(N2CCC(F)(F)CC2)n1. The molecule has 0 radical (unpaired) electrons. The Morgan fingerprint density at radius 1 is 1.17 bits per heavy atom. The molecule has 0 N–H and O–H groups in total. The Labute approximate surface area is 168 Å². The van der Waals surface area contributed by atoms with Gasteiger partial charge in [0.1, 0.15) is 11.5 Å². The van der Waals surface area contributed by atoms with E-state index in [4.69, 9.17) is 0 Å². The Kier molecular flexibility index (Phi) is 4.84. The molecule has 0 amide bonds. The van der Waals surface area contributed by atoms with Crippen LogP contribution in [0.4, 0.5) is 24.8 Å². The maximum atomic E-state index is 14.3. The first-order valence-corrected chi connectivity index (χ1v) is 9.07. The van der Waals surface area contributed by atoms with E-state index >= 15 is 0 Å². The fourth-order valence-electron chi connectivity index (χ4n) is 3.14. The number of piperidine rings is 1. The summed E-state index contributed by atoms with van der Waals surface area (Å²) in [4.78, 5) is 21.6. The van der Waals surface area contributed by atoms with Gasteiger partial charge in [0.2, 0.25) is 5.95 Å². The Morgan fingerprint density at radius 3 is 2.57 bits per heavy atom. The lowest BCUT2D eigenvalue weighted by Gasteiger charge is -2.31. The van der Waals surface area contributed by atoms with Crippen LogP contribution in [0.5, 0.6) is 0 Å². The van der Waals surface area contributed by atoms with E-state index in [1.807, 2.05) is 0 Å². The molecule has 0 atom stereocenters. The van der Waals surface area contributed by atoms with Gasteiger partial charge in [-0.1, -0.05) is 0 Å². The molecule has 1 aliphatic rings. The van der Waals surface area contributed by atoms with Gasteiger partial charge < -0.3 is 4.90 Å². The number of nitro benzene ring substituents is 1. The molecule has 0 spiro atoms. The molecule has 9 nitrogen and oxygen atoms in total. The molecule has 3 heterocycles. The van der Waals surface area contributed by atoms with E-state index in [9.17, 15) is 23.3 Å². The molecular formula is C18H16F3N7O2.